The van der Waals surface area contributed by atoms with E-state index < -0.39 is 24.3 Å². The molecule has 0 bridgehead atoms. The van der Waals surface area contributed by atoms with Crippen molar-refractivity contribution in [3.05, 3.63) is 41.5 Å². The summed E-state index contributed by atoms with van der Waals surface area (Å²) in [5, 5.41) is 18.5. The molecule has 2 aromatic heterocycles. The van der Waals surface area contributed by atoms with Crippen molar-refractivity contribution in [3.63, 3.8) is 0 Å². The molecule has 15 heteroatoms. The summed E-state index contributed by atoms with van der Waals surface area (Å²) in [5.74, 6) is -3.78. The van der Waals surface area contributed by atoms with Crippen LogP contribution in [0.1, 0.15) is 35.8 Å². The molecule has 9 nitrogen and oxygen atoms in total. The van der Waals surface area contributed by atoms with Crippen molar-refractivity contribution in [2.75, 3.05) is 31.1 Å². The Hall–Kier alpha value is -3.36. The number of anilines is 1. The molecule has 0 atom stereocenters. The molecule has 0 radical (unpaired) electrons. The lowest BCUT2D eigenvalue weighted by atomic mass is 10.2. The maximum absolute atomic E-state index is 10.6. The molecule has 0 spiro atoms. The van der Waals surface area contributed by atoms with E-state index in [4.69, 9.17) is 24.3 Å². The monoisotopic (exact) mass is 526 g/mol. The third-order valence-corrected chi connectivity index (χ3v) is 5.13. The number of pyridine rings is 1. The van der Waals surface area contributed by atoms with E-state index in [9.17, 15) is 26.3 Å². The van der Waals surface area contributed by atoms with E-state index in [1.54, 1.807) is 0 Å². The van der Waals surface area contributed by atoms with Crippen LogP contribution < -0.4 is 4.90 Å². The number of hydrogen-bond donors (Lipinski definition) is 2. The Morgan fingerprint density at radius 1 is 1.03 bits per heavy atom. The van der Waals surface area contributed by atoms with Gasteiger partial charge in [-0.15, -0.1) is 0 Å². The minimum atomic E-state index is -5.08. The highest BCUT2D eigenvalue weighted by molar-refractivity contribution is 5.73. The molecule has 0 aromatic carbocycles. The average molecular weight is 526 g/mol. The van der Waals surface area contributed by atoms with Crippen LogP contribution in [0.25, 0.3) is 0 Å². The lowest BCUT2D eigenvalue weighted by Crippen LogP contribution is -2.46. The average Bonchev–Trinajstić information content (AvgIpc) is 3.53. The second-order valence-corrected chi connectivity index (χ2v) is 8.03. The smallest absolute Gasteiger partial charge is 0.475 e. The van der Waals surface area contributed by atoms with Gasteiger partial charge >= 0.3 is 24.3 Å². The van der Waals surface area contributed by atoms with Crippen molar-refractivity contribution in [1.82, 2.24) is 15.0 Å². The molecule has 2 N–H and O–H groups in total. The van der Waals surface area contributed by atoms with Gasteiger partial charge in [-0.3, -0.25) is 9.88 Å². The predicted molar refractivity (Wildman–Crippen MR) is 112 cm³/mol. The van der Waals surface area contributed by atoms with Gasteiger partial charge in [0.15, 0.2) is 0 Å². The molecule has 1 aliphatic heterocycles. The predicted octanol–water partition coefficient (Wildman–Crippen LogP) is 3.84. The Bertz CT molecular complexity index is 991. The third-order valence-electron chi connectivity index (χ3n) is 5.13. The number of carbonyl (C=O) groups is 2. The van der Waals surface area contributed by atoms with Crippen molar-refractivity contribution in [2.24, 2.45) is 0 Å². The zero-order valence-corrected chi connectivity index (χ0v) is 19.0. The quantitative estimate of drug-likeness (QED) is 0.573. The van der Waals surface area contributed by atoms with Crippen LogP contribution in [0.4, 0.5) is 32.0 Å². The summed E-state index contributed by atoms with van der Waals surface area (Å²) in [6, 6.07) is 4.27. The molecular weight excluding hydrogens is 502 g/mol. The molecule has 3 heterocycles. The number of rotatable bonds is 4. The fraction of sp³-hybridized carbons (Fsp3) is 0.524. The van der Waals surface area contributed by atoms with E-state index in [0.29, 0.717) is 5.92 Å². The second-order valence-electron chi connectivity index (χ2n) is 8.03. The van der Waals surface area contributed by atoms with E-state index in [1.807, 2.05) is 12.4 Å². The summed E-state index contributed by atoms with van der Waals surface area (Å²) in [4.78, 5) is 26.9. The van der Waals surface area contributed by atoms with Gasteiger partial charge in [0, 0.05) is 62.8 Å². The highest BCUT2D eigenvalue weighted by Crippen LogP contribution is 2.40. The minimum absolute atomic E-state index is 0.646. The number of hydrogen-bond acceptors (Lipinski definition) is 7. The summed E-state index contributed by atoms with van der Waals surface area (Å²) in [7, 11) is 0. The van der Waals surface area contributed by atoms with Gasteiger partial charge < -0.3 is 19.6 Å². The second kappa shape index (κ2) is 12.1. The van der Waals surface area contributed by atoms with Crippen LogP contribution in [0.15, 0.2) is 29.0 Å². The first-order valence-corrected chi connectivity index (χ1v) is 10.6. The van der Waals surface area contributed by atoms with E-state index in [2.05, 4.69) is 39.0 Å². The Labute approximate surface area is 201 Å². The van der Waals surface area contributed by atoms with Gasteiger partial charge in [0.25, 0.3) is 0 Å². The Kier molecular flexibility index (Phi) is 9.67. The number of carboxylic acids is 2. The molecule has 1 saturated heterocycles. The van der Waals surface area contributed by atoms with Crippen LogP contribution in [0, 0.1) is 6.92 Å². The molecule has 0 unspecified atom stereocenters. The number of piperazine rings is 1. The van der Waals surface area contributed by atoms with Crippen LogP contribution in [0.2, 0.25) is 0 Å². The van der Waals surface area contributed by atoms with Crippen LogP contribution in [0.3, 0.4) is 0 Å². The molecule has 4 rings (SSSR count). The van der Waals surface area contributed by atoms with Gasteiger partial charge in [0.1, 0.15) is 5.76 Å². The van der Waals surface area contributed by atoms with E-state index in [-0.39, 0.29) is 0 Å². The fourth-order valence-corrected chi connectivity index (χ4v) is 3.16. The van der Waals surface area contributed by atoms with Gasteiger partial charge in [-0.25, -0.2) is 9.59 Å². The first-order chi connectivity index (χ1) is 16.7. The molecule has 2 aromatic rings. The van der Waals surface area contributed by atoms with Gasteiger partial charge in [-0.2, -0.15) is 26.3 Å². The molecule has 0 amide bonds. The molecular formula is C21H24F6N4O5. The molecule has 2 aliphatic rings. The minimum Gasteiger partial charge on any atom is -0.475 e. The number of alkyl halides is 6. The van der Waals surface area contributed by atoms with Crippen molar-refractivity contribution >= 4 is 17.6 Å². The topological polar surface area (TPSA) is 120 Å². The number of carboxylic acid groups (broad SMARTS) is 2. The SMILES string of the molecule is Cc1cnccc1N1CCN(Cc2cc(C3CC3)on2)CC1.O=C(O)C(F)(F)F.O=C(O)C(F)(F)F. The number of aromatic nitrogens is 2. The van der Waals surface area contributed by atoms with Crippen LogP contribution in [0.5, 0.6) is 0 Å². The number of nitrogens with zero attached hydrogens (tertiary/aromatic N) is 4. The summed E-state index contributed by atoms with van der Waals surface area (Å²) in [6.45, 7) is 7.26. The standard InChI is InChI=1S/C17H22N4O.2C2HF3O2/c1-13-11-18-5-4-16(13)21-8-6-20(7-9-21)12-15-10-17(22-19-15)14-2-3-14;2*3-2(4,5)1(6)7/h4-5,10-11,14H,2-3,6-9,12H2,1H3;2*(H,6,7). The number of halogens is 6. The van der Waals surface area contributed by atoms with E-state index in [1.165, 1.54) is 24.1 Å². The van der Waals surface area contributed by atoms with Crippen molar-refractivity contribution in [3.8, 4) is 0 Å². The molecule has 2 fully saturated rings. The Morgan fingerprint density at radius 2 is 1.56 bits per heavy atom. The molecule has 200 valence electrons. The van der Waals surface area contributed by atoms with Crippen LogP contribution >= 0.6 is 0 Å². The van der Waals surface area contributed by atoms with Gasteiger partial charge in [-0.1, -0.05) is 5.16 Å². The van der Waals surface area contributed by atoms with Crippen LogP contribution in [-0.4, -0.2) is 75.7 Å². The fourth-order valence-electron chi connectivity index (χ4n) is 3.16. The normalized spacial score (nSPS) is 16.4. The largest absolute Gasteiger partial charge is 0.490 e. The van der Waals surface area contributed by atoms with Gasteiger partial charge in [-0.05, 0) is 31.4 Å². The van der Waals surface area contributed by atoms with Crippen LogP contribution in [-0.2, 0) is 16.1 Å². The molecule has 1 aliphatic carbocycles. The lowest BCUT2D eigenvalue weighted by Gasteiger charge is -2.36. The molecule has 36 heavy (non-hydrogen) atoms. The van der Waals surface area contributed by atoms with Gasteiger partial charge in [0.2, 0.25) is 0 Å². The van der Waals surface area contributed by atoms with Crippen molar-refractivity contribution in [2.45, 2.75) is 44.6 Å². The number of aryl methyl sites for hydroxylation is 1. The summed E-state index contributed by atoms with van der Waals surface area (Å²) in [5.41, 5.74) is 3.64. The maximum Gasteiger partial charge on any atom is 0.490 e. The Balaban J connectivity index is 0.000000271. The highest BCUT2D eigenvalue weighted by Gasteiger charge is 2.38. The first kappa shape index (κ1) is 28.9. The maximum atomic E-state index is 10.6. The van der Waals surface area contributed by atoms with Gasteiger partial charge in [0.05, 0.1) is 5.69 Å². The highest BCUT2D eigenvalue weighted by atomic mass is 19.4. The Morgan fingerprint density at radius 3 is 2.00 bits per heavy atom. The third kappa shape index (κ3) is 9.36. The van der Waals surface area contributed by atoms with E-state index >= 15 is 0 Å². The zero-order chi connectivity index (χ0) is 27.1. The first-order valence-electron chi connectivity index (χ1n) is 10.6. The zero-order valence-electron chi connectivity index (χ0n) is 19.0. The summed E-state index contributed by atoms with van der Waals surface area (Å²) in [6.07, 6.45) is -3.82. The molecule has 1 saturated carbocycles. The lowest BCUT2D eigenvalue weighted by molar-refractivity contribution is -0.193. The summed E-state index contributed by atoms with van der Waals surface area (Å²) >= 11 is 0. The van der Waals surface area contributed by atoms with E-state index in [0.717, 1.165) is 44.2 Å². The van der Waals surface area contributed by atoms with Crippen molar-refractivity contribution in [1.29, 1.82) is 0 Å². The summed E-state index contributed by atoms with van der Waals surface area (Å²) < 4.78 is 68.9. The number of aliphatic carboxylic acids is 2. The van der Waals surface area contributed by atoms with Crippen molar-refractivity contribution < 1.29 is 50.7 Å².